The van der Waals surface area contributed by atoms with Gasteiger partial charge in [0.1, 0.15) is 6.61 Å². The molecule has 2 aliphatic heterocycles. The van der Waals surface area contributed by atoms with Gasteiger partial charge in [-0.15, -0.1) is 0 Å². The average molecular weight is 550 g/mol. The molecule has 2 amide bonds. The zero-order chi connectivity index (χ0) is 27.9. The number of hydrogen-bond acceptors (Lipinski definition) is 8. The van der Waals surface area contributed by atoms with Crippen molar-refractivity contribution < 1.29 is 23.9 Å². The maximum atomic E-state index is 13.3. The van der Waals surface area contributed by atoms with Crippen molar-refractivity contribution in [1.82, 2.24) is 20.5 Å². The van der Waals surface area contributed by atoms with Gasteiger partial charge in [-0.1, -0.05) is 12.8 Å². The van der Waals surface area contributed by atoms with Crippen LogP contribution < -0.4 is 15.4 Å². The summed E-state index contributed by atoms with van der Waals surface area (Å²) in [5.74, 6) is -0.273. The molecule has 0 bridgehead atoms. The van der Waals surface area contributed by atoms with E-state index in [0.29, 0.717) is 49.8 Å². The van der Waals surface area contributed by atoms with Crippen molar-refractivity contribution >= 4 is 23.7 Å². The number of nitriles is 1. The van der Waals surface area contributed by atoms with Gasteiger partial charge in [-0.25, -0.2) is 4.98 Å². The van der Waals surface area contributed by atoms with Gasteiger partial charge >= 0.3 is 0 Å². The summed E-state index contributed by atoms with van der Waals surface area (Å²) < 4.78 is 11.4. The topological polar surface area (TPSA) is 134 Å². The minimum Gasteiger partial charge on any atom is -0.476 e. The summed E-state index contributed by atoms with van der Waals surface area (Å²) in [5.41, 5.74) is 2.36. The first-order chi connectivity index (χ1) is 19.5. The second-order valence-corrected chi connectivity index (χ2v) is 11.4. The maximum absolute atomic E-state index is 13.3. The lowest BCUT2D eigenvalue weighted by Gasteiger charge is -2.26. The summed E-state index contributed by atoms with van der Waals surface area (Å²) in [6, 6.07) is 3.49. The predicted octanol–water partition coefficient (Wildman–Crippen LogP) is 2.03. The number of ether oxygens (including phenoxy) is 2. The molecule has 1 aromatic rings. The van der Waals surface area contributed by atoms with E-state index in [0.717, 1.165) is 69.7 Å². The van der Waals surface area contributed by atoms with Gasteiger partial charge in [0.2, 0.25) is 17.7 Å². The quantitative estimate of drug-likeness (QED) is 0.382. The van der Waals surface area contributed by atoms with E-state index in [1.54, 1.807) is 6.20 Å². The van der Waals surface area contributed by atoms with Gasteiger partial charge in [0.05, 0.1) is 31.2 Å². The van der Waals surface area contributed by atoms with Crippen LogP contribution in [0.25, 0.3) is 6.08 Å². The van der Waals surface area contributed by atoms with Crippen LogP contribution in [0.3, 0.4) is 0 Å². The van der Waals surface area contributed by atoms with E-state index in [9.17, 15) is 19.6 Å². The molecule has 4 aliphatic rings. The minimum atomic E-state index is -0.636. The normalized spacial score (nSPS) is 22.3. The molecule has 0 radical (unpaired) electrons. The Balaban J connectivity index is 1.18. The molecule has 40 heavy (non-hydrogen) atoms. The summed E-state index contributed by atoms with van der Waals surface area (Å²) >= 11 is 0. The van der Waals surface area contributed by atoms with Crippen molar-refractivity contribution in [1.29, 1.82) is 5.26 Å². The summed E-state index contributed by atoms with van der Waals surface area (Å²) in [4.78, 5) is 45.6. The molecule has 2 N–H and O–H groups in total. The number of nitrogens with zero attached hydrogens (tertiary/aromatic N) is 3. The molecule has 2 aliphatic carbocycles. The van der Waals surface area contributed by atoms with Crippen LogP contribution in [-0.2, 0) is 25.5 Å². The summed E-state index contributed by atoms with van der Waals surface area (Å²) in [6.45, 7) is 5.20. The third-order valence-corrected chi connectivity index (χ3v) is 8.34. The molecule has 0 aromatic carbocycles. The number of amides is 2. The summed E-state index contributed by atoms with van der Waals surface area (Å²) in [6.07, 6.45) is 8.70. The van der Waals surface area contributed by atoms with Crippen LogP contribution in [0.2, 0.25) is 0 Å². The van der Waals surface area contributed by atoms with Crippen LogP contribution >= 0.6 is 0 Å². The Bertz CT molecular complexity index is 1170. The van der Waals surface area contributed by atoms with Crippen LogP contribution in [0.4, 0.5) is 0 Å². The molecule has 3 atom stereocenters. The van der Waals surface area contributed by atoms with Crippen molar-refractivity contribution in [3.63, 3.8) is 0 Å². The van der Waals surface area contributed by atoms with Gasteiger partial charge in [0.25, 0.3) is 0 Å². The Kier molecular flexibility index (Phi) is 9.45. The smallest absolute Gasteiger partial charge is 0.248 e. The van der Waals surface area contributed by atoms with Gasteiger partial charge < -0.3 is 20.1 Å². The zero-order valence-electron chi connectivity index (χ0n) is 23.0. The van der Waals surface area contributed by atoms with E-state index >= 15 is 0 Å². The fraction of sp³-hybridized carbons (Fsp3) is 0.633. The Hall–Kier alpha value is -3.29. The summed E-state index contributed by atoms with van der Waals surface area (Å²) in [5, 5.41) is 15.6. The molecule has 1 saturated carbocycles. The molecule has 10 heteroatoms. The first kappa shape index (κ1) is 28.2. The highest BCUT2D eigenvalue weighted by molar-refractivity contribution is 6.03. The van der Waals surface area contributed by atoms with Crippen LogP contribution in [0.1, 0.15) is 56.1 Å². The Labute approximate surface area is 235 Å². The number of nitrogens with one attached hydrogen (secondary N) is 2. The van der Waals surface area contributed by atoms with Gasteiger partial charge in [0, 0.05) is 62.3 Å². The molecule has 214 valence electrons. The lowest BCUT2D eigenvalue weighted by molar-refractivity contribution is -0.128. The highest BCUT2D eigenvalue weighted by Crippen LogP contribution is 2.35. The standard InChI is InChI=1S/C30H39N5O5/c31-19-21(14-23-2-1-6-32-28(23)37)16-27(36)26(15-20-3-4-20)34-29(38)24-17-22-5-7-33-30(25(22)18-24)40-13-10-35-8-11-39-12-9-35/h5,7,18,20-21,23,26H,1-4,6,8-17H2,(H,32,37)(H,34,38). The molecular weight excluding hydrogens is 510 g/mol. The van der Waals surface area contributed by atoms with E-state index < -0.39 is 12.0 Å². The molecule has 2 saturated heterocycles. The molecular formula is C30H39N5O5. The van der Waals surface area contributed by atoms with Crippen molar-refractivity contribution in [2.45, 2.75) is 57.4 Å². The molecule has 3 heterocycles. The van der Waals surface area contributed by atoms with Crippen molar-refractivity contribution in [2.24, 2.45) is 17.8 Å². The fourth-order valence-corrected chi connectivity index (χ4v) is 5.77. The monoisotopic (exact) mass is 549 g/mol. The molecule has 5 rings (SSSR count). The Morgan fingerprint density at radius 2 is 2.08 bits per heavy atom. The fourth-order valence-electron chi connectivity index (χ4n) is 5.77. The van der Waals surface area contributed by atoms with Crippen molar-refractivity contribution in [2.75, 3.05) is 46.0 Å². The number of rotatable bonds is 13. The number of piperidine rings is 1. The second-order valence-electron chi connectivity index (χ2n) is 11.4. The predicted molar refractivity (Wildman–Crippen MR) is 147 cm³/mol. The highest BCUT2D eigenvalue weighted by Gasteiger charge is 2.34. The number of carbonyl (C=O) groups is 3. The van der Waals surface area contributed by atoms with Gasteiger partial charge in [-0.2, -0.15) is 5.26 Å². The van der Waals surface area contributed by atoms with E-state index in [1.165, 1.54) is 0 Å². The van der Waals surface area contributed by atoms with Gasteiger partial charge in [-0.3, -0.25) is 19.3 Å². The third kappa shape index (κ3) is 7.46. The SMILES string of the molecule is N#CC(CC(=O)C(CC1CC1)NC(=O)C1=Cc2c(ccnc2OCCN2CCOCC2)C1)CC1CCCNC1=O. The minimum absolute atomic E-state index is 0.0338. The van der Waals surface area contributed by atoms with Crippen LogP contribution in [0.5, 0.6) is 5.88 Å². The van der Waals surface area contributed by atoms with Gasteiger partial charge in [0.15, 0.2) is 5.78 Å². The largest absolute Gasteiger partial charge is 0.476 e. The van der Waals surface area contributed by atoms with Crippen LogP contribution in [-0.4, -0.2) is 79.5 Å². The number of ketones is 1. The second kappa shape index (κ2) is 13.4. The lowest BCUT2D eigenvalue weighted by Crippen LogP contribution is -2.43. The van der Waals surface area contributed by atoms with Crippen LogP contribution in [0, 0.1) is 29.1 Å². The Morgan fingerprint density at radius 3 is 2.83 bits per heavy atom. The van der Waals surface area contributed by atoms with Gasteiger partial charge in [-0.05, 0) is 49.3 Å². The number of carbonyl (C=O) groups excluding carboxylic acids is 3. The average Bonchev–Trinajstić information content (AvgIpc) is 3.68. The van der Waals surface area contributed by atoms with E-state index in [1.807, 2.05) is 12.1 Å². The highest BCUT2D eigenvalue weighted by atomic mass is 16.5. The van der Waals surface area contributed by atoms with Crippen molar-refractivity contribution in [3.8, 4) is 11.9 Å². The first-order valence-corrected chi connectivity index (χ1v) is 14.6. The zero-order valence-corrected chi connectivity index (χ0v) is 23.0. The number of pyridine rings is 1. The lowest BCUT2D eigenvalue weighted by atomic mass is 9.85. The number of Topliss-reactive ketones (excluding diaryl/α,β-unsaturated/α-hetero) is 1. The molecule has 3 fully saturated rings. The molecule has 0 spiro atoms. The number of hydrogen-bond donors (Lipinski definition) is 2. The van der Waals surface area contributed by atoms with E-state index in [4.69, 9.17) is 9.47 Å². The number of fused-ring (bicyclic) bond motifs is 1. The maximum Gasteiger partial charge on any atom is 0.248 e. The third-order valence-electron chi connectivity index (χ3n) is 8.34. The molecule has 1 aromatic heterocycles. The first-order valence-electron chi connectivity index (χ1n) is 14.6. The Morgan fingerprint density at radius 1 is 1.25 bits per heavy atom. The number of morpholine rings is 1. The van der Waals surface area contributed by atoms with E-state index in [-0.39, 0.29) is 29.9 Å². The molecule has 3 unspecified atom stereocenters. The van der Waals surface area contributed by atoms with Crippen molar-refractivity contribution in [3.05, 3.63) is 29.0 Å². The number of aromatic nitrogens is 1. The van der Waals surface area contributed by atoms with E-state index in [2.05, 4.69) is 26.6 Å². The molecule has 10 nitrogen and oxygen atoms in total. The van der Waals surface area contributed by atoms with Crippen LogP contribution in [0.15, 0.2) is 17.8 Å². The summed E-state index contributed by atoms with van der Waals surface area (Å²) in [7, 11) is 0.